The standard InChI is InChI=1S/C11H18N2O2S2/c1-9-11(16-8-13-9)4-5-12-10-3-2-6-17(14,15)7-10/h8,10,12H,2-7H2,1H3. The largest absolute Gasteiger partial charge is 0.313 e. The van der Waals surface area contributed by atoms with Gasteiger partial charge >= 0.3 is 0 Å². The van der Waals surface area contributed by atoms with Crippen LogP contribution in [0.4, 0.5) is 0 Å². The van der Waals surface area contributed by atoms with E-state index in [4.69, 9.17) is 0 Å². The zero-order chi connectivity index (χ0) is 12.3. The summed E-state index contributed by atoms with van der Waals surface area (Å²) >= 11 is 1.67. The molecule has 0 saturated carbocycles. The Morgan fingerprint density at radius 1 is 1.59 bits per heavy atom. The van der Waals surface area contributed by atoms with Crippen LogP contribution in [0.15, 0.2) is 5.51 Å². The minimum absolute atomic E-state index is 0.141. The van der Waals surface area contributed by atoms with Gasteiger partial charge in [-0.05, 0) is 26.2 Å². The monoisotopic (exact) mass is 274 g/mol. The second kappa shape index (κ2) is 5.46. The Morgan fingerprint density at radius 2 is 2.41 bits per heavy atom. The maximum atomic E-state index is 11.5. The van der Waals surface area contributed by atoms with Crippen molar-refractivity contribution in [1.29, 1.82) is 0 Å². The van der Waals surface area contributed by atoms with E-state index in [-0.39, 0.29) is 6.04 Å². The highest BCUT2D eigenvalue weighted by Gasteiger charge is 2.23. The van der Waals surface area contributed by atoms with E-state index in [9.17, 15) is 8.42 Å². The third-order valence-electron chi connectivity index (χ3n) is 3.09. The van der Waals surface area contributed by atoms with E-state index in [0.717, 1.165) is 31.5 Å². The van der Waals surface area contributed by atoms with Crippen LogP contribution in [0.2, 0.25) is 0 Å². The van der Waals surface area contributed by atoms with Gasteiger partial charge in [-0.3, -0.25) is 0 Å². The van der Waals surface area contributed by atoms with E-state index < -0.39 is 9.84 Å². The normalized spacial score (nSPS) is 23.7. The Balaban J connectivity index is 1.77. The topological polar surface area (TPSA) is 59.1 Å². The molecule has 0 amide bonds. The Morgan fingerprint density at radius 3 is 3.06 bits per heavy atom. The lowest BCUT2D eigenvalue weighted by molar-refractivity contribution is 0.483. The second-order valence-corrected chi connectivity index (χ2v) is 7.69. The molecule has 17 heavy (non-hydrogen) atoms. The first-order valence-electron chi connectivity index (χ1n) is 5.89. The van der Waals surface area contributed by atoms with Crippen molar-refractivity contribution in [2.45, 2.75) is 32.2 Å². The quantitative estimate of drug-likeness (QED) is 0.895. The lowest BCUT2D eigenvalue weighted by Gasteiger charge is -2.22. The van der Waals surface area contributed by atoms with Crippen LogP contribution < -0.4 is 5.32 Å². The molecule has 0 aliphatic carbocycles. The molecule has 96 valence electrons. The molecule has 1 atom stereocenters. The molecule has 1 aliphatic rings. The van der Waals surface area contributed by atoms with Crippen LogP contribution in [-0.2, 0) is 16.3 Å². The fraction of sp³-hybridized carbons (Fsp3) is 0.727. The maximum absolute atomic E-state index is 11.5. The molecule has 0 aromatic carbocycles. The summed E-state index contributed by atoms with van der Waals surface area (Å²) in [5, 5.41) is 3.34. The van der Waals surface area contributed by atoms with Gasteiger partial charge in [-0.15, -0.1) is 11.3 Å². The number of hydrogen-bond acceptors (Lipinski definition) is 5. The van der Waals surface area contributed by atoms with Crippen LogP contribution in [0.25, 0.3) is 0 Å². The summed E-state index contributed by atoms with van der Waals surface area (Å²) in [6.45, 7) is 2.85. The molecule has 1 unspecified atom stereocenters. The van der Waals surface area contributed by atoms with Crippen molar-refractivity contribution in [3.8, 4) is 0 Å². The number of nitrogens with one attached hydrogen (secondary N) is 1. The van der Waals surface area contributed by atoms with Crippen molar-refractivity contribution >= 4 is 21.2 Å². The zero-order valence-corrected chi connectivity index (χ0v) is 11.6. The molecule has 0 spiro atoms. The van der Waals surface area contributed by atoms with Crippen molar-refractivity contribution < 1.29 is 8.42 Å². The van der Waals surface area contributed by atoms with Gasteiger partial charge in [0.15, 0.2) is 9.84 Å². The summed E-state index contributed by atoms with van der Waals surface area (Å²) in [6.07, 6.45) is 2.70. The summed E-state index contributed by atoms with van der Waals surface area (Å²) in [4.78, 5) is 5.49. The van der Waals surface area contributed by atoms with Crippen molar-refractivity contribution in [2.75, 3.05) is 18.1 Å². The highest BCUT2D eigenvalue weighted by atomic mass is 32.2. The van der Waals surface area contributed by atoms with Gasteiger partial charge in [-0.25, -0.2) is 13.4 Å². The van der Waals surface area contributed by atoms with E-state index in [1.165, 1.54) is 4.88 Å². The molecule has 0 bridgehead atoms. The van der Waals surface area contributed by atoms with Gasteiger partial charge in [0.25, 0.3) is 0 Å². The van der Waals surface area contributed by atoms with Gasteiger partial charge in [0, 0.05) is 17.5 Å². The zero-order valence-electron chi connectivity index (χ0n) is 9.98. The molecule has 1 aromatic heterocycles. The van der Waals surface area contributed by atoms with Gasteiger partial charge in [-0.1, -0.05) is 0 Å². The van der Waals surface area contributed by atoms with Crippen molar-refractivity contribution in [3.63, 3.8) is 0 Å². The summed E-state index contributed by atoms with van der Waals surface area (Å²) in [6, 6.07) is 0.141. The Bertz CT molecular complexity index is 468. The van der Waals surface area contributed by atoms with Gasteiger partial charge in [-0.2, -0.15) is 0 Å². The van der Waals surface area contributed by atoms with Gasteiger partial charge < -0.3 is 5.32 Å². The average molecular weight is 274 g/mol. The Kier molecular flexibility index (Phi) is 4.17. The molecule has 2 heterocycles. The van der Waals surface area contributed by atoms with Crippen LogP contribution in [0.3, 0.4) is 0 Å². The predicted molar refractivity (Wildman–Crippen MR) is 70.2 cm³/mol. The van der Waals surface area contributed by atoms with Crippen LogP contribution in [-0.4, -0.2) is 37.5 Å². The van der Waals surface area contributed by atoms with Gasteiger partial charge in [0.2, 0.25) is 0 Å². The van der Waals surface area contributed by atoms with Crippen molar-refractivity contribution in [1.82, 2.24) is 10.3 Å². The molecular weight excluding hydrogens is 256 g/mol. The van der Waals surface area contributed by atoms with E-state index in [1.54, 1.807) is 11.3 Å². The third kappa shape index (κ3) is 3.76. The van der Waals surface area contributed by atoms with Gasteiger partial charge in [0.05, 0.1) is 22.7 Å². The molecule has 1 aliphatic heterocycles. The first kappa shape index (κ1) is 13.0. The molecule has 1 fully saturated rings. The molecule has 6 heteroatoms. The molecule has 0 radical (unpaired) electrons. The van der Waals surface area contributed by atoms with E-state index >= 15 is 0 Å². The molecule has 1 N–H and O–H groups in total. The molecule has 1 saturated heterocycles. The second-order valence-electron chi connectivity index (χ2n) is 4.52. The van der Waals surface area contributed by atoms with E-state index in [1.807, 2.05) is 12.4 Å². The fourth-order valence-corrected chi connectivity index (χ4v) is 4.59. The first-order valence-corrected chi connectivity index (χ1v) is 8.60. The highest BCUT2D eigenvalue weighted by Crippen LogP contribution is 2.14. The van der Waals surface area contributed by atoms with Crippen LogP contribution in [0.1, 0.15) is 23.4 Å². The van der Waals surface area contributed by atoms with Crippen LogP contribution >= 0.6 is 11.3 Å². The predicted octanol–water partition coefficient (Wildman–Crippen LogP) is 1.16. The first-order chi connectivity index (χ1) is 8.07. The number of hydrogen-bond donors (Lipinski definition) is 1. The average Bonchev–Trinajstić information content (AvgIpc) is 2.63. The Hall–Kier alpha value is -0.460. The lowest BCUT2D eigenvalue weighted by Crippen LogP contribution is -2.40. The number of aromatic nitrogens is 1. The molecular formula is C11H18N2O2S2. The SMILES string of the molecule is Cc1ncsc1CCNC1CCCS(=O)(=O)C1. The van der Waals surface area contributed by atoms with Crippen molar-refractivity contribution in [3.05, 3.63) is 16.1 Å². The molecule has 4 nitrogen and oxygen atoms in total. The smallest absolute Gasteiger partial charge is 0.151 e. The van der Waals surface area contributed by atoms with Crippen LogP contribution in [0.5, 0.6) is 0 Å². The number of aryl methyl sites for hydroxylation is 1. The lowest BCUT2D eigenvalue weighted by atomic mass is 10.2. The summed E-state index contributed by atoms with van der Waals surface area (Å²) in [7, 11) is -2.80. The minimum atomic E-state index is -2.80. The Labute approximate surface area is 106 Å². The number of thiazole rings is 1. The summed E-state index contributed by atoms with van der Waals surface area (Å²) in [5.41, 5.74) is 2.95. The molecule has 1 aromatic rings. The number of sulfone groups is 1. The number of rotatable bonds is 4. The third-order valence-corrected chi connectivity index (χ3v) is 5.91. The minimum Gasteiger partial charge on any atom is -0.313 e. The van der Waals surface area contributed by atoms with Crippen LogP contribution in [0, 0.1) is 6.92 Å². The molecule has 2 rings (SSSR count). The van der Waals surface area contributed by atoms with Crippen molar-refractivity contribution in [2.24, 2.45) is 0 Å². The van der Waals surface area contributed by atoms with Gasteiger partial charge in [0.1, 0.15) is 0 Å². The summed E-state index contributed by atoms with van der Waals surface area (Å²) in [5.74, 6) is 0.661. The van der Waals surface area contributed by atoms with E-state index in [0.29, 0.717) is 11.5 Å². The summed E-state index contributed by atoms with van der Waals surface area (Å²) < 4.78 is 22.9. The highest BCUT2D eigenvalue weighted by molar-refractivity contribution is 7.91. The fourth-order valence-electron chi connectivity index (χ4n) is 2.14. The van der Waals surface area contributed by atoms with E-state index in [2.05, 4.69) is 10.3 Å². The number of nitrogens with zero attached hydrogens (tertiary/aromatic N) is 1. The maximum Gasteiger partial charge on any atom is 0.151 e.